The van der Waals surface area contributed by atoms with E-state index in [4.69, 9.17) is 4.74 Å². The highest BCUT2D eigenvalue weighted by atomic mass is 28.3. The zero-order valence-corrected chi connectivity index (χ0v) is 17.8. The SMILES string of the molecule is C[C@H]1CC[C@H](c2ccc3c(c2)CCC(=O)N3COCC[Si](C)(C)C)NC1. The van der Waals surface area contributed by atoms with Crippen LogP contribution >= 0.6 is 0 Å². The number of hydrogen-bond donors (Lipinski definition) is 1. The van der Waals surface area contributed by atoms with Gasteiger partial charge in [0.1, 0.15) is 6.73 Å². The van der Waals surface area contributed by atoms with Crippen LogP contribution in [0.3, 0.4) is 0 Å². The lowest BCUT2D eigenvalue weighted by Gasteiger charge is -2.32. The quantitative estimate of drug-likeness (QED) is 0.595. The van der Waals surface area contributed by atoms with Crippen molar-refractivity contribution in [1.82, 2.24) is 5.32 Å². The second-order valence-corrected chi connectivity index (χ2v) is 14.8. The zero-order valence-electron chi connectivity index (χ0n) is 16.8. The molecule has 1 aromatic carbocycles. The molecule has 3 rings (SSSR count). The summed E-state index contributed by atoms with van der Waals surface area (Å²) in [6.07, 6.45) is 3.91. The Balaban J connectivity index is 1.66. The molecule has 0 saturated carbocycles. The number of carbonyl (C=O) groups is 1. The van der Waals surface area contributed by atoms with Gasteiger partial charge in [-0.15, -0.1) is 0 Å². The number of piperidine rings is 1. The van der Waals surface area contributed by atoms with E-state index >= 15 is 0 Å². The van der Waals surface area contributed by atoms with E-state index in [1.807, 2.05) is 4.90 Å². The molecule has 1 aromatic rings. The van der Waals surface area contributed by atoms with Gasteiger partial charge < -0.3 is 10.1 Å². The molecular weight excluding hydrogens is 340 g/mol. The van der Waals surface area contributed by atoms with Crippen LogP contribution in [0.25, 0.3) is 0 Å². The van der Waals surface area contributed by atoms with Crippen molar-refractivity contribution in [3.8, 4) is 0 Å². The number of anilines is 1. The normalized spacial score (nSPS) is 23.8. The third kappa shape index (κ3) is 4.96. The summed E-state index contributed by atoms with van der Waals surface area (Å²) >= 11 is 0. The van der Waals surface area contributed by atoms with Crippen LogP contribution in [0.4, 0.5) is 5.69 Å². The van der Waals surface area contributed by atoms with Gasteiger partial charge >= 0.3 is 0 Å². The summed E-state index contributed by atoms with van der Waals surface area (Å²) in [5.41, 5.74) is 3.70. The minimum absolute atomic E-state index is 0.183. The van der Waals surface area contributed by atoms with Crippen molar-refractivity contribution < 1.29 is 9.53 Å². The van der Waals surface area contributed by atoms with E-state index in [0.29, 0.717) is 19.2 Å². The standard InChI is InChI=1S/C21H34N2O2Si/c1-16-5-8-19(22-14-16)17-6-9-20-18(13-17)7-10-21(24)23(20)15-25-11-12-26(2,3)4/h6,9,13,16,19,22H,5,7-8,10-12,14-15H2,1-4H3/t16-,19+/m0/s1. The average molecular weight is 375 g/mol. The topological polar surface area (TPSA) is 41.6 Å². The number of benzene rings is 1. The smallest absolute Gasteiger partial charge is 0.229 e. The molecular formula is C21H34N2O2Si. The molecule has 0 aliphatic carbocycles. The molecule has 2 aliphatic rings. The molecule has 1 fully saturated rings. The van der Waals surface area contributed by atoms with Crippen molar-refractivity contribution in [2.75, 3.05) is 24.8 Å². The number of fused-ring (bicyclic) bond motifs is 1. The number of nitrogens with one attached hydrogen (secondary N) is 1. The molecule has 1 saturated heterocycles. The fourth-order valence-electron chi connectivity index (χ4n) is 3.76. The minimum atomic E-state index is -1.10. The summed E-state index contributed by atoms with van der Waals surface area (Å²) in [5.74, 6) is 0.952. The molecule has 2 aliphatic heterocycles. The molecule has 5 heteroatoms. The van der Waals surface area contributed by atoms with Crippen molar-refractivity contribution in [3.63, 3.8) is 0 Å². The molecule has 1 N–H and O–H groups in total. The van der Waals surface area contributed by atoms with Crippen LogP contribution in [-0.4, -0.2) is 33.9 Å². The van der Waals surface area contributed by atoms with Crippen molar-refractivity contribution in [1.29, 1.82) is 0 Å². The summed E-state index contributed by atoms with van der Waals surface area (Å²) in [6.45, 7) is 11.6. The van der Waals surface area contributed by atoms with Crippen LogP contribution in [0.2, 0.25) is 25.7 Å². The highest BCUT2D eigenvalue weighted by Gasteiger charge is 2.26. The van der Waals surface area contributed by atoms with Gasteiger partial charge in [0, 0.05) is 32.8 Å². The van der Waals surface area contributed by atoms with Gasteiger partial charge in [-0.2, -0.15) is 0 Å². The summed E-state index contributed by atoms with van der Waals surface area (Å²) in [5, 5.41) is 3.67. The van der Waals surface area contributed by atoms with Crippen LogP contribution in [0.5, 0.6) is 0 Å². The minimum Gasteiger partial charge on any atom is -0.361 e. The summed E-state index contributed by atoms with van der Waals surface area (Å²) < 4.78 is 5.86. The number of carbonyl (C=O) groups excluding carboxylic acids is 1. The van der Waals surface area contributed by atoms with Crippen molar-refractivity contribution >= 4 is 19.7 Å². The first kappa shape index (κ1) is 19.6. The van der Waals surface area contributed by atoms with Gasteiger partial charge in [0.05, 0.1) is 0 Å². The Morgan fingerprint density at radius 1 is 1.23 bits per heavy atom. The molecule has 0 aromatic heterocycles. The fourth-order valence-corrected chi connectivity index (χ4v) is 4.51. The predicted octanol–water partition coefficient (Wildman–Crippen LogP) is 4.34. The van der Waals surface area contributed by atoms with Gasteiger partial charge in [-0.25, -0.2) is 0 Å². The van der Waals surface area contributed by atoms with E-state index in [-0.39, 0.29) is 5.91 Å². The van der Waals surface area contributed by atoms with Gasteiger partial charge in [-0.3, -0.25) is 9.69 Å². The maximum absolute atomic E-state index is 12.4. The van der Waals surface area contributed by atoms with E-state index in [2.05, 4.69) is 50.1 Å². The third-order valence-corrected chi connectivity index (χ3v) is 7.29. The lowest BCUT2D eigenvalue weighted by Crippen LogP contribution is -2.38. The Kier molecular flexibility index (Phi) is 6.20. The van der Waals surface area contributed by atoms with Gasteiger partial charge in [-0.1, -0.05) is 38.7 Å². The van der Waals surface area contributed by atoms with Gasteiger partial charge in [0.15, 0.2) is 0 Å². The average Bonchev–Trinajstić information content (AvgIpc) is 2.59. The van der Waals surface area contributed by atoms with Gasteiger partial charge in [-0.05, 0) is 55.0 Å². The first-order valence-corrected chi connectivity index (χ1v) is 13.8. The molecule has 0 unspecified atom stereocenters. The van der Waals surface area contributed by atoms with Crippen LogP contribution in [0.15, 0.2) is 18.2 Å². The Hall–Kier alpha value is -1.17. The van der Waals surface area contributed by atoms with Gasteiger partial charge in [0.25, 0.3) is 0 Å². The maximum Gasteiger partial charge on any atom is 0.229 e. The van der Waals surface area contributed by atoms with E-state index in [9.17, 15) is 4.79 Å². The Labute approximate surface area is 159 Å². The molecule has 1 amide bonds. The Morgan fingerprint density at radius 2 is 2.04 bits per heavy atom. The fraction of sp³-hybridized carbons (Fsp3) is 0.667. The molecule has 26 heavy (non-hydrogen) atoms. The van der Waals surface area contributed by atoms with Crippen LogP contribution < -0.4 is 10.2 Å². The van der Waals surface area contributed by atoms with E-state index in [0.717, 1.165) is 37.2 Å². The lowest BCUT2D eigenvalue weighted by molar-refractivity contribution is -0.120. The molecule has 2 atom stereocenters. The number of nitrogens with zero attached hydrogens (tertiary/aromatic N) is 1. The second kappa shape index (κ2) is 8.24. The molecule has 0 bridgehead atoms. The first-order chi connectivity index (χ1) is 12.3. The number of rotatable bonds is 6. The van der Waals surface area contributed by atoms with Crippen molar-refractivity contribution in [2.45, 2.75) is 64.3 Å². The van der Waals surface area contributed by atoms with Gasteiger partial charge in [0.2, 0.25) is 5.91 Å². The number of amides is 1. The van der Waals surface area contributed by atoms with E-state index in [1.54, 1.807) is 0 Å². The molecule has 0 radical (unpaired) electrons. The van der Waals surface area contributed by atoms with E-state index < -0.39 is 8.07 Å². The summed E-state index contributed by atoms with van der Waals surface area (Å²) in [4.78, 5) is 14.2. The monoisotopic (exact) mass is 374 g/mol. The number of ether oxygens (including phenoxy) is 1. The highest BCUT2D eigenvalue weighted by molar-refractivity contribution is 6.76. The highest BCUT2D eigenvalue weighted by Crippen LogP contribution is 2.33. The largest absolute Gasteiger partial charge is 0.361 e. The van der Waals surface area contributed by atoms with E-state index in [1.165, 1.54) is 24.0 Å². The van der Waals surface area contributed by atoms with Crippen LogP contribution in [0, 0.1) is 5.92 Å². The third-order valence-electron chi connectivity index (χ3n) is 5.58. The Bertz CT molecular complexity index is 633. The summed E-state index contributed by atoms with van der Waals surface area (Å²) in [7, 11) is -1.10. The second-order valence-electron chi connectivity index (χ2n) is 9.20. The van der Waals surface area contributed by atoms with Crippen LogP contribution in [0.1, 0.15) is 43.4 Å². The predicted molar refractivity (Wildman–Crippen MR) is 110 cm³/mol. The lowest BCUT2D eigenvalue weighted by atomic mass is 9.90. The molecule has 0 spiro atoms. The number of hydrogen-bond acceptors (Lipinski definition) is 3. The molecule has 144 valence electrons. The Morgan fingerprint density at radius 3 is 2.73 bits per heavy atom. The maximum atomic E-state index is 12.4. The first-order valence-electron chi connectivity index (χ1n) is 10.1. The number of aryl methyl sites for hydroxylation is 1. The summed E-state index contributed by atoms with van der Waals surface area (Å²) in [6, 6.07) is 8.22. The zero-order chi connectivity index (χ0) is 18.7. The molecule has 2 heterocycles. The van der Waals surface area contributed by atoms with Crippen LogP contribution in [-0.2, 0) is 16.0 Å². The van der Waals surface area contributed by atoms with Crippen molar-refractivity contribution in [2.24, 2.45) is 5.92 Å². The van der Waals surface area contributed by atoms with Crippen molar-refractivity contribution in [3.05, 3.63) is 29.3 Å². The molecule has 4 nitrogen and oxygen atoms in total.